The minimum absolute atomic E-state index is 0.154. The molecule has 0 amide bonds. The molecule has 7 heteroatoms. The number of nitrogens with zero attached hydrogens (tertiary/aromatic N) is 2. The third-order valence-electron chi connectivity index (χ3n) is 2.75. The number of aromatic amines is 1. The van der Waals surface area contributed by atoms with Crippen LogP contribution in [0, 0.1) is 6.92 Å². The van der Waals surface area contributed by atoms with Gasteiger partial charge in [0.2, 0.25) is 0 Å². The minimum atomic E-state index is -4.35. The lowest BCUT2D eigenvalue weighted by atomic mass is 10.1. The second-order valence-corrected chi connectivity index (χ2v) is 4.96. The first-order valence-electron chi connectivity index (χ1n) is 5.42. The van der Waals surface area contributed by atoms with Crippen LogP contribution in [-0.2, 0) is 6.18 Å². The van der Waals surface area contributed by atoms with Crippen molar-refractivity contribution in [1.29, 1.82) is 0 Å². The molecule has 3 aromatic heterocycles. The van der Waals surface area contributed by atoms with E-state index in [0.29, 0.717) is 33.8 Å². The van der Waals surface area contributed by atoms with E-state index in [1.807, 2.05) is 0 Å². The number of nitrogens with one attached hydrogen (secondary N) is 1. The summed E-state index contributed by atoms with van der Waals surface area (Å²) in [5.74, 6) is 0.525. The monoisotopic (exact) mass is 283 g/mol. The molecule has 0 fully saturated rings. The molecule has 1 N–H and O–H groups in total. The summed E-state index contributed by atoms with van der Waals surface area (Å²) in [6, 6.07) is 1.47. The lowest BCUT2D eigenvalue weighted by molar-refractivity contribution is -0.133. The third kappa shape index (κ3) is 1.99. The maximum atomic E-state index is 12.9. The Hall–Kier alpha value is -1.89. The summed E-state index contributed by atoms with van der Waals surface area (Å²) >= 11 is 0.685. The van der Waals surface area contributed by atoms with Crippen LogP contribution in [-0.4, -0.2) is 15.0 Å². The molecule has 0 radical (unpaired) electrons. The first-order chi connectivity index (χ1) is 8.97. The highest BCUT2D eigenvalue weighted by atomic mass is 32.1. The fraction of sp³-hybridized carbons (Fsp3) is 0.167. The molecule has 3 rings (SSSR count). The predicted molar refractivity (Wildman–Crippen MR) is 66.9 cm³/mol. The summed E-state index contributed by atoms with van der Waals surface area (Å²) in [6.45, 7) is 1.70. The Morgan fingerprint density at radius 1 is 1.26 bits per heavy atom. The first kappa shape index (κ1) is 12.2. The summed E-state index contributed by atoms with van der Waals surface area (Å²) < 4.78 is 38.8. The van der Waals surface area contributed by atoms with Crippen LogP contribution < -0.4 is 0 Å². The molecule has 98 valence electrons. The van der Waals surface area contributed by atoms with Crippen LogP contribution in [0.4, 0.5) is 13.2 Å². The normalized spacial score (nSPS) is 12.2. The highest BCUT2D eigenvalue weighted by molar-refractivity contribution is 7.10. The Labute approximate surface area is 110 Å². The van der Waals surface area contributed by atoms with Gasteiger partial charge in [0.05, 0.1) is 17.2 Å². The summed E-state index contributed by atoms with van der Waals surface area (Å²) in [5, 5.41) is 1.44. The largest absolute Gasteiger partial charge is 0.426 e. The zero-order chi connectivity index (χ0) is 13.6. The van der Waals surface area contributed by atoms with Crippen molar-refractivity contribution in [3.8, 4) is 11.1 Å². The fourth-order valence-electron chi connectivity index (χ4n) is 1.95. The van der Waals surface area contributed by atoms with Crippen molar-refractivity contribution in [2.24, 2.45) is 0 Å². The van der Waals surface area contributed by atoms with Crippen LogP contribution in [0.3, 0.4) is 0 Å². The maximum Gasteiger partial charge on any atom is 0.426 e. The summed E-state index contributed by atoms with van der Waals surface area (Å²) in [6.07, 6.45) is -1.24. The number of aromatic nitrogens is 3. The van der Waals surface area contributed by atoms with Gasteiger partial charge in [-0.2, -0.15) is 13.2 Å². The first-order valence-corrected chi connectivity index (χ1v) is 6.30. The van der Waals surface area contributed by atoms with Crippen LogP contribution in [0.5, 0.6) is 0 Å². The zero-order valence-electron chi connectivity index (χ0n) is 9.75. The number of aryl methyl sites for hydroxylation is 1. The summed E-state index contributed by atoms with van der Waals surface area (Å²) in [7, 11) is 0. The van der Waals surface area contributed by atoms with Crippen molar-refractivity contribution in [1.82, 2.24) is 15.0 Å². The number of H-pyrrole nitrogens is 1. The van der Waals surface area contributed by atoms with E-state index in [1.165, 1.54) is 17.6 Å². The van der Waals surface area contributed by atoms with Gasteiger partial charge in [0.25, 0.3) is 0 Å². The molecule has 3 aromatic rings. The molecule has 0 bridgehead atoms. The Bertz CT molecular complexity index is 742. The number of hydrogen-bond acceptors (Lipinski definition) is 3. The van der Waals surface area contributed by atoms with Crippen LogP contribution in [0.1, 0.15) is 10.7 Å². The number of alkyl halides is 3. The van der Waals surface area contributed by atoms with E-state index in [9.17, 15) is 13.2 Å². The standard InChI is InChI=1S/C12H8F3N3S/c1-6-16-5-9-10(18-6)8(4-17-9)7-2-3-19-11(7)12(13,14)15/h2-5,17H,1H3. The van der Waals surface area contributed by atoms with Crippen molar-refractivity contribution >= 4 is 22.4 Å². The molecule has 0 aliphatic heterocycles. The third-order valence-corrected chi connectivity index (χ3v) is 3.71. The van der Waals surface area contributed by atoms with Crippen molar-refractivity contribution < 1.29 is 13.2 Å². The number of halogens is 3. The fourth-order valence-corrected chi connectivity index (χ4v) is 2.72. The van der Waals surface area contributed by atoms with Crippen LogP contribution in [0.25, 0.3) is 22.2 Å². The van der Waals surface area contributed by atoms with E-state index < -0.39 is 11.1 Å². The Balaban J connectivity index is 2.26. The number of fused-ring (bicyclic) bond motifs is 1. The van der Waals surface area contributed by atoms with Gasteiger partial charge in [-0.1, -0.05) is 0 Å². The van der Waals surface area contributed by atoms with Crippen molar-refractivity contribution in [3.63, 3.8) is 0 Å². The van der Waals surface area contributed by atoms with E-state index in [-0.39, 0.29) is 5.56 Å². The lowest BCUT2D eigenvalue weighted by Crippen LogP contribution is -2.03. The molecular weight excluding hydrogens is 275 g/mol. The van der Waals surface area contributed by atoms with Crippen LogP contribution in [0.2, 0.25) is 0 Å². The van der Waals surface area contributed by atoms with Crippen LogP contribution >= 0.6 is 11.3 Å². The van der Waals surface area contributed by atoms with E-state index in [2.05, 4.69) is 15.0 Å². The molecular formula is C12H8F3N3S. The summed E-state index contributed by atoms with van der Waals surface area (Å²) in [4.78, 5) is 10.5. The van der Waals surface area contributed by atoms with Gasteiger partial charge in [0.15, 0.2) is 0 Å². The number of rotatable bonds is 1. The Morgan fingerprint density at radius 2 is 2.05 bits per heavy atom. The molecule has 3 heterocycles. The molecule has 0 saturated heterocycles. The minimum Gasteiger partial charge on any atom is -0.358 e. The SMILES string of the molecule is Cc1ncc2[nH]cc(-c3ccsc3C(F)(F)F)c2n1. The number of hydrogen-bond donors (Lipinski definition) is 1. The van der Waals surface area contributed by atoms with Crippen molar-refractivity contribution in [2.75, 3.05) is 0 Å². The number of thiophene rings is 1. The average Bonchev–Trinajstić information content (AvgIpc) is 2.91. The zero-order valence-corrected chi connectivity index (χ0v) is 10.6. The molecule has 0 aliphatic rings. The van der Waals surface area contributed by atoms with E-state index in [1.54, 1.807) is 13.1 Å². The molecule has 0 atom stereocenters. The van der Waals surface area contributed by atoms with Gasteiger partial charge in [0.1, 0.15) is 10.7 Å². The van der Waals surface area contributed by atoms with Crippen molar-refractivity contribution in [2.45, 2.75) is 13.1 Å². The van der Waals surface area contributed by atoms with E-state index in [4.69, 9.17) is 0 Å². The highest BCUT2D eigenvalue weighted by Crippen LogP contribution is 2.42. The van der Waals surface area contributed by atoms with Gasteiger partial charge in [-0.3, -0.25) is 0 Å². The van der Waals surface area contributed by atoms with Gasteiger partial charge < -0.3 is 4.98 Å². The molecule has 0 aromatic carbocycles. The van der Waals surface area contributed by atoms with Gasteiger partial charge in [-0.15, -0.1) is 11.3 Å². The van der Waals surface area contributed by atoms with Gasteiger partial charge in [-0.25, -0.2) is 9.97 Å². The van der Waals surface area contributed by atoms with E-state index in [0.717, 1.165) is 0 Å². The van der Waals surface area contributed by atoms with E-state index >= 15 is 0 Å². The second kappa shape index (κ2) is 4.06. The topological polar surface area (TPSA) is 41.6 Å². The van der Waals surface area contributed by atoms with Gasteiger partial charge >= 0.3 is 6.18 Å². The van der Waals surface area contributed by atoms with Gasteiger partial charge in [0, 0.05) is 17.3 Å². The maximum absolute atomic E-state index is 12.9. The van der Waals surface area contributed by atoms with Gasteiger partial charge in [-0.05, 0) is 18.4 Å². The van der Waals surface area contributed by atoms with Crippen LogP contribution in [0.15, 0.2) is 23.8 Å². The summed E-state index contributed by atoms with van der Waals surface area (Å²) in [5.41, 5.74) is 1.74. The molecule has 0 saturated carbocycles. The molecule has 19 heavy (non-hydrogen) atoms. The predicted octanol–water partition coefficient (Wildman–Crippen LogP) is 4.01. The van der Waals surface area contributed by atoms with Crippen molar-refractivity contribution in [3.05, 3.63) is 34.5 Å². The molecule has 3 nitrogen and oxygen atoms in total. The average molecular weight is 283 g/mol. The smallest absolute Gasteiger partial charge is 0.358 e. The quantitative estimate of drug-likeness (QED) is 0.733. The Morgan fingerprint density at radius 3 is 2.79 bits per heavy atom. The second-order valence-electron chi connectivity index (χ2n) is 4.04. The molecule has 0 aliphatic carbocycles. The molecule has 0 unspecified atom stereocenters. The molecule has 0 spiro atoms. The highest BCUT2D eigenvalue weighted by Gasteiger charge is 2.35. The Kier molecular flexibility index (Phi) is 2.60. The lowest BCUT2D eigenvalue weighted by Gasteiger charge is -2.06.